The molecule has 0 radical (unpaired) electrons. The Kier molecular flexibility index (Phi) is 5.27. The lowest BCUT2D eigenvalue weighted by molar-refractivity contribution is -0.0568. The summed E-state index contributed by atoms with van der Waals surface area (Å²) in [5.74, 6) is -1.60. The van der Waals surface area contributed by atoms with E-state index in [4.69, 9.17) is 9.62 Å². The summed E-state index contributed by atoms with van der Waals surface area (Å²) in [6.07, 6.45) is 1.80. The van der Waals surface area contributed by atoms with Crippen LogP contribution in [0.2, 0.25) is 0 Å². The molecule has 2 aromatic rings. The van der Waals surface area contributed by atoms with Crippen LogP contribution in [0, 0.1) is 0 Å². The van der Waals surface area contributed by atoms with E-state index in [1.165, 1.54) is 5.69 Å². The zero-order valence-corrected chi connectivity index (χ0v) is 15.8. The quantitative estimate of drug-likeness (QED) is 0.799. The Morgan fingerprint density at radius 3 is 2.59 bits per heavy atom. The number of hydrogen-bond acceptors (Lipinski definition) is 5. The Morgan fingerprint density at radius 1 is 1.04 bits per heavy atom. The molecular weight excluding hydrogens is 352 g/mol. The summed E-state index contributed by atoms with van der Waals surface area (Å²) in [7, 11) is 0. The molecular formula is C19H27F2N5O. The third-order valence-corrected chi connectivity index (χ3v) is 5.47. The Labute approximate surface area is 158 Å². The van der Waals surface area contributed by atoms with Crippen LogP contribution in [0.25, 0.3) is 0 Å². The standard InChI is InChI=1S/C19H27F2N5O/c1-2-15-11-18(27-23-15)14-25-6-3-7-26-17(13-25)10-16(22-26)12-24-8-4-19(20,21)5-9-24/h10-11H,2-9,12-14H2,1H3. The summed E-state index contributed by atoms with van der Waals surface area (Å²) in [6.45, 7) is 7.03. The van der Waals surface area contributed by atoms with Crippen LogP contribution in [0.3, 0.4) is 0 Å². The Bertz CT molecular complexity index is 762. The Balaban J connectivity index is 1.38. The van der Waals surface area contributed by atoms with Gasteiger partial charge in [-0.1, -0.05) is 12.1 Å². The first-order valence-electron chi connectivity index (χ1n) is 9.83. The first kappa shape index (κ1) is 18.6. The van der Waals surface area contributed by atoms with E-state index in [9.17, 15) is 8.78 Å². The smallest absolute Gasteiger partial charge is 0.250 e. The first-order valence-corrected chi connectivity index (χ1v) is 9.83. The summed E-state index contributed by atoms with van der Waals surface area (Å²) in [6, 6.07) is 4.16. The van der Waals surface area contributed by atoms with E-state index in [0.29, 0.717) is 19.6 Å². The molecule has 2 aliphatic heterocycles. The molecule has 1 fully saturated rings. The number of rotatable bonds is 5. The average molecular weight is 379 g/mol. The van der Waals surface area contributed by atoms with Crippen molar-refractivity contribution in [2.24, 2.45) is 0 Å². The average Bonchev–Trinajstić information content (AvgIpc) is 3.19. The van der Waals surface area contributed by atoms with Gasteiger partial charge in [0, 0.05) is 58.2 Å². The fraction of sp³-hybridized carbons (Fsp3) is 0.684. The van der Waals surface area contributed by atoms with E-state index in [2.05, 4.69) is 32.6 Å². The molecule has 0 aliphatic carbocycles. The van der Waals surface area contributed by atoms with Gasteiger partial charge in [0.25, 0.3) is 5.92 Å². The molecule has 27 heavy (non-hydrogen) atoms. The van der Waals surface area contributed by atoms with Crippen LogP contribution in [-0.4, -0.2) is 50.3 Å². The Morgan fingerprint density at radius 2 is 1.85 bits per heavy atom. The highest BCUT2D eigenvalue weighted by atomic mass is 19.3. The van der Waals surface area contributed by atoms with Crippen LogP contribution in [-0.2, 0) is 32.6 Å². The molecule has 0 saturated carbocycles. The van der Waals surface area contributed by atoms with Crippen molar-refractivity contribution in [3.8, 4) is 0 Å². The van der Waals surface area contributed by atoms with Crippen LogP contribution in [0.4, 0.5) is 8.78 Å². The normalized spacial score (nSPS) is 21.1. The number of aryl methyl sites for hydroxylation is 2. The van der Waals surface area contributed by atoms with Crippen molar-refractivity contribution in [1.29, 1.82) is 0 Å². The van der Waals surface area contributed by atoms with Crippen LogP contribution in [0.5, 0.6) is 0 Å². The van der Waals surface area contributed by atoms with Crippen molar-refractivity contribution in [3.63, 3.8) is 0 Å². The van der Waals surface area contributed by atoms with Gasteiger partial charge in [-0.2, -0.15) is 5.10 Å². The molecule has 148 valence electrons. The number of aromatic nitrogens is 3. The molecule has 4 heterocycles. The molecule has 0 amide bonds. The minimum atomic E-state index is -2.50. The maximum absolute atomic E-state index is 13.3. The van der Waals surface area contributed by atoms with Crippen LogP contribution in [0.1, 0.15) is 49.0 Å². The van der Waals surface area contributed by atoms with Crippen molar-refractivity contribution in [2.75, 3.05) is 19.6 Å². The highest BCUT2D eigenvalue weighted by Crippen LogP contribution is 2.28. The number of fused-ring (bicyclic) bond motifs is 1. The molecule has 2 aromatic heterocycles. The van der Waals surface area contributed by atoms with Crippen molar-refractivity contribution in [2.45, 2.75) is 64.7 Å². The van der Waals surface area contributed by atoms with E-state index in [-0.39, 0.29) is 12.8 Å². The highest BCUT2D eigenvalue weighted by Gasteiger charge is 2.34. The van der Waals surface area contributed by atoms with Gasteiger partial charge in [0.1, 0.15) is 0 Å². The lowest BCUT2D eigenvalue weighted by Crippen LogP contribution is -2.38. The third kappa shape index (κ3) is 4.55. The SMILES string of the molecule is CCc1cc(CN2CCCn3nc(CN4CCC(F)(F)CC4)cc3C2)on1. The summed E-state index contributed by atoms with van der Waals surface area (Å²) in [5, 5.41) is 8.79. The second-order valence-corrected chi connectivity index (χ2v) is 7.68. The van der Waals surface area contributed by atoms with Gasteiger partial charge in [-0.05, 0) is 18.9 Å². The van der Waals surface area contributed by atoms with Gasteiger partial charge in [-0.15, -0.1) is 0 Å². The van der Waals surface area contributed by atoms with Crippen LogP contribution < -0.4 is 0 Å². The molecule has 0 bridgehead atoms. The second-order valence-electron chi connectivity index (χ2n) is 7.68. The van der Waals surface area contributed by atoms with E-state index in [1.807, 2.05) is 6.07 Å². The largest absolute Gasteiger partial charge is 0.360 e. The molecule has 4 rings (SSSR count). The van der Waals surface area contributed by atoms with Crippen molar-refractivity contribution in [3.05, 3.63) is 35.0 Å². The first-order chi connectivity index (χ1) is 13.0. The molecule has 1 saturated heterocycles. The molecule has 0 spiro atoms. The zero-order chi connectivity index (χ0) is 18.9. The monoisotopic (exact) mass is 379 g/mol. The van der Waals surface area contributed by atoms with Crippen molar-refractivity contribution in [1.82, 2.24) is 24.7 Å². The fourth-order valence-electron chi connectivity index (χ4n) is 3.89. The number of nitrogens with zero attached hydrogens (tertiary/aromatic N) is 5. The highest BCUT2D eigenvalue weighted by molar-refractivity contribution is 5.12. The number of alkyl halides is 2. The maximum Gasteiger partial charge on any atom is 0.250 e. The maximum atomic E-state index is 13.3. The summed E-state index contributed by atoms with van der Waals surface area (Å²) >= 11 is 0. The number of piperidine rings is 1. The van der Waals surface area contributed by atoms with Gasteiger partial charge in [0.15, 0.2) is 5.76 Å². The van der Waals surface area contributed by atoms with Gasteiger partial charge in [-0.3, -0.25) is 14.5 Å². The fourth-order valence-corrected chi connectivity index (χ4v) is 3.89. The predicted molar refractivity (Wildman–Crippen MR) is 96.3 cm³/mol. The predicted octanol–water partition coefficient (Wildman–Crippen LogP) is 3.07. The third-order valence-electron chi connectivity index (χ3n) is 5.47. The van der Waals surface area contributed by atoms with Gasteiger partial charge < -0.3 is 4.52 Å². The van der Waals surface area contributed by atoms with E-state index >= 15 is 0 Å². The van der Waals surface area contributed by atoms with Gasteiger partial charge >= 0.3 is 0 Å². The van der Waals surface area contributed by atoms with Gasteiger partial charge in [-0.25, -0.2) is 8.78 Å². The summed E-state index contributed by atoms with van der Waals surface area (Å²) in [4.78, 5) is 4.43. The number of likely N-dealkylation sites (tertiary alicyclic amines) is 1. The minimum absolute atomic E-state index is 0.0503. The van der Waals surface area contributed by atoms with E-state index in [1.54, 1.807) is 0 Å². The molecule has 6 nitrogen and oxygen atoms in total. The van der Waals surface area contributed by atoms with E-state index in [0.717, 1.165) is 56.2 Å². The van der Waals surface area contributed by atoms with Gasteiger partial charge in [0.2, 0.25) is 0 Å². The molecule has 2 aliphatic rings. The minimum Gasteiger partial charge on any atom is -0.360 e. The Hall–Kier alpha value is -1.80. The number of halogens is 2. The second kappa shape index (κ2) is 7.67. The summed E-state index contributed by atoms with van der Waals surface area (Å²) < 4.78 is 34.2. The van der Waals surface area contributed by atoms with Crippen LogP contribution >= 0.6 is 0 Å². The molecule has 0 aromatic carbocycles. The van der Waals surface area contributed by atoms with Crippen LogP contribution in [0.15, 0.2) is 16.7 Å². The van der Waals surface area contributed by atoms with Gasteiger partial charge in [0.05, 0.1) is 23.6 Å². The molecule has 0 atom stereocenters. The lowest BCUT2D eigenvalue weighted by atomic mass is 10.1. The topological polar surface area (TPSA) is 50.3 Å². The zero-order valence-electron chi connectivity index (χ0n) is 15.8. The van der Waals surface area contributed by atoms with Crippen molar-refractivity contribution >= 4 is 0 Å². The molecule has 0 unspecified atom stereocenters. The summed E-state index contributed by atoms with van der Waals surface area (Å²) in [5.41, 5.74) is 3.14. The lowest BCUT2D eigenvalue weighted by Gasteiger charge is -2.31. The number of hydrogen-bond donors (Lipinski definition) is 0. The molecule has 0 N–H and O–H groups in total. The van der Waals surface area contributed by atoms with Crippen molar-refractivity contribution < 1.29 is 13.3 Å². The van der Waals surface area contributed by atoms with E-state index < -0.39 is 5.92 Å². The molecule has 8 heteroatoms.